The Balaban J connectivity index is 2.14. The lowest BCUT2D eigenvalue weighted by molar-refractivity contribution is -0.123. The van der Waals surface area contributed by atoms with Gasteiger partial charge >= 0.3 is 5.97 Å². The third-order valence-corrected chi connectivity index (χ3v) is 5.56. The van der Waals surface area contributed by atoms with Crippen molar-refractivity contribution in [3.8, 4) is 0 Å². The van der Waals surface area contributed by atoms with E-state index in [-0.39, 0.29) is 5.56 Å². The molecule has 0 saturated heterocycles. The van der Waals surface area contributed by atoms with Crippen molar-refractivity contribution in [1.82, 2.24) is 0 Å². The highest BCUT2D eigenvalue weighted by Crippen LogP contribution is 2.22. The van der Waals surface area contributed by atoms with Crippen molar-refractivity contribution in [3.05, 3.63) is 58.7 Å². The summed E-state index contributed by atoms with van der Waals surface area (Å²) in [6.45, 7) is 9.13. The molecule has 6 heteroatoms. The molecular weight excluding hydrogens is 362 g/mol. The lowest BCUT2D eigenvalue weighted by Gasteiger charge is -2.17. The minimum atomic E-state index is -1.29. The lowest BCUT2D eigenvalue weighted by Crippen LogP contribution is -2.30. The van der Waals surface area contributed by atoms with E-state index >= 15 is 0 Å². The number of rotatable bonds is 6. The van der Waals surface area contributed by atoms with E-state index in [1.165, 1.54) is 6.92 Å². The minimum absolute atomic E-state index is 0.222. The van der Waals surface area contributed by atoms with Crippen molar-refractivity contribution in [3.63, 3.8) is 0 Å². The van der Waals surface area contributed by atoms with E-state index in [4.69, 9.17) is 4.74 Å². The number of hydrogen-bond donors (Lipinski definition) is 1. The molecule has 0 aliphatic rings. The molecule has 0 aliphatic heterocycles. The quantitative estimate of drug-likeness (QED) is 0.763. The Bertz CT molecular complexity index is 868. The summed E-state index contributed by atoms with van der Waals surface area (Å²) in [4.78, 5) is 25.4. The zero-order valence-electron chi connectivity index (χ0n) is 16.3. The molecule has 27 heavy (non-hydrogen) atoms. The first-order valence-corrected chi connectivity index (χ1v) is 10.1. The summed E-state index contributed by atoms with van der Waals surface area (Å²) in [6, 6.07) is 10.6. The zero-order valence-corrected chi connectivity index (χ0v) is 17.1. The number of carbonyl (C=O) groups is 2. The highest BCUT2D eigenvalue weighted by Gasteiger charge is 2.23. The number of hydrogen-bond acceptors (Lipinski definition) is 4. The molecule has 0 bridgehead atoms. The Morgan fingerprint density at radius 2 is 1.70 bits per heavy atom. The van der Waals surface area contributed by atoms with Crippen molar-refractivity contribution >= 4 is 28.4 Å². The molecule has 5 nitrogen and oxygen atoms in total. The number of ether oxygens (including phenoxy) is 1. The molecule has 0 radical (unpaired) electrons. The van der Waals surface area contributed by atoms with Gasteiger partial charge < -0.3 is 10.1 Å². The monoisotopic (exact) mass is 387 g/mol. The minimum Gasteiger partial charge on any atom is -0.449 e. The van der Waals surface area contributed by atoms with Crippen molar-refractivity contribution < 1.29 is 18.5 Å². The van der Waals surface area contributed by atoms with E-state index in [0.29, 0.717) is 10.6 Å². The van der Waals surface area contributed by atoms with Crippen LogP contribution in [0.25, 0.3) is 0 Å². The fraction of sp³-hybridized carbons (Fsp3) is 0.333. The summed E-state index contributed by atoms with van der Waals surface area (Å²) in [5.41, 5.74) is 3.95. The van der Waals surface area contributed by atoms with Gasteiger partial charge in [-0.25, -0.2) is 4.79 Å². The van der Waals surface area contributed by atoms with Crippen LogP contribution in [0.15, 0.2) is 41.3 Å². The Labute approximate surface area is 162 Å². The molecule has 1 amide bonds. The number of anilines is 1. The molecule has 0 spiro atoms. The summed E-state index contributed by atoms with van der Waals surface area (Å²) in [5.74, 6) is -0.674. The topological polar surface area (TPSA) is 72.5 Å². The predicted molar refractivity (Wildman–Crippen MR) is 108 cm³/mol. The van der Waals surface area contributed by atoms with Gasteiger partial charge in [0.2, 0.25) is 0 Å². The van der Waals surface area contributed by atoms with Gasteiger partial charge in [-0.2, -0.15) is 0 Å². The average Bonchev–Trinajstić information content (AvgIpc) is 2.63. The number of benzene rings is 2. The largest absolute Gasteiger partial charge is 0.449 e. The Kier molecular flexibility index (Phi) is 6.91. The van der Waals surface area contributed by atoms with Crippen LogP contribution in [-0.2, 0) is 20.3 Å². The Morgan fingerprint density at radius 1 is 1.11 bits per heavy atom. The van der Waals surface area contributed by atoms with Gasteiger partial charge in [-0.1, -0.05) is 36.8 Å². The van der Waals surface area contributed by atoms with Gasteiger partial charge in [0.15, 0.2) is 6.10 Å². The van der Waals surface area contributed by atoms with E-state index in [2.05, 4.69) is 5.32 Å². The van der Waals surface area contributed by atoms with Gasteiger partial charge in [-0.15, -0.1) is 0 Å². The summed E-state index contributed by atoms with van der Waals surface area (Å²) in [6.07, 6.45) is -0.985. The standard InChI is InChI=1S/C21H25NO4S/c1-6-27(25)18-10-8-7-9-17(18)21(24)26-16(5)20(23)22-19-14(3)11-13(2)12-15(19)4/h7-12,16H,6H2,1-5H3,(H,22,23). The average molecular weight is 388 g/mol. The van der Waals surface area contributed by atoms with Crippen LogP contribution >= 0.6 is 0 Å². The molecule has 0 aromatic heterocycles. The van der Waals surface area contributed by atoms with E-state index in [9.17, 15) is 13.8 Å². The third kappa shape index (κ3) is 5.04. The molecule has 0 fully saturated rings. The van der Waals surface area contributed by atoms with E-state index in [1.807, 2.05) is 32.9 Å². The van der Waals surface area contributed by atoms with Crippen LogP contribution < -0.4 is 5.32 Å². The second kappa shape index (κ2) is 8.95. The van der Waals surface area contributed by atoms with Crippen LogP contribution in [0.4, 0.5) is 5.69 Å². The molecule has 2 aromatic rings. The van der Waals surface area contributed by atoms with E-state index < -0.39 is 28.8 Å². The third-order valence-electron chi connectivity index (χ3n) is 4.19. The number of amides is 1. The second-order valence-electron chi connectivity index (χ2n) is 6.44. The molecule has 2 aromatic carbocycles. The van der Waals surface area contributed by atoms with Gasteiger partial charge in [-0.3, -0.25) is 9.00 Å². The zero-order chi connectivity index (χ0) is 20.1. The summed E-state index contributed by atoms with van der Waals surface area (Å²) < 4.78 is 17.4. The van der Waals surface area contributed by atoms with Gasteiger partial charge in [0.1, 0.15) is 0 Å². The Hall–Kier alpha value is -2.47. The molecule has 144 valence electrons. The fourth-order valence-corrected chi connectivity index (χ4v) is 3.81. The maximum atomic E-state index is 12.5. The normalized spacial score (nSPS) is 12.9. The van der Waals surface area contributed by atoms with Crippen LogP contribution in [0.2, 0.25) is 0 Å². The molecule has 2 rings (SSSR count). The molecular formula is C21H25NO4S. The molecule has 0 aliphatic carbocycles. The van der Waals surface area contributed by atoms with Crippen LogP contribution in [0.1, 0.15) is 40.9 Å². The predicted octanol–water partition coefficient (Wildman–Crippen LogP) is 3.92. The fourth-order valence-electron chi connectivity index (χ4n) is 2.87. The van der Waals surface area contributed by atoms with Crippen molar-refractivity contribution in [1.29, 1.82) is 0 Å². The van der Waals surface area contributed by atoms with Gasteiger partial charge in [0.25, 0.3) is 5.91 Å². The first kappa shape index (κ1) is 20.8. The molecule has 2 unspecified atom stereocenters. The van der Waals surface area contributed by atoms with Crippen LogP contribution in [0, 0.1) is 20.8 Å². The van der Waals surface area contributed by atoms with Crippen molar-refractivity contribution in [2.75, 3.05) is 11.1 Å². The molecule has 1 N–H and O–H groups in total. The highest BCUT2D eigenvalue weighted by atomic mass is 32.2. The summed E-state index contributed by atoms with van der Waals surface area (Å²) in [5, 5.41) is 2.83. The second-order valence-corrected chi connectivity index (χ2v) is 8.15. The van der Waals surface area contributed by atoms with E-state index in [0.717, 1.165) is 22.4 Å². The smallest absolute Gasteiger partial charge is 0.340 e. The maximum Gasteiger partial charge on any atom is 0.340 e. The first-order valence-electron chi connectivity index (χ1n) is 8.81. The van der Waals surface area contributed by atoms with Gasteiger partial charge in [0.05, 0.1) is 21.3 Å². The molecule has 0 heterocycles. The first-order chi connectivity index (χ1) is 12.7. The van der Waals surface area contributed by atoms with Crippen LogP contribution in [0.5, 0.6) is 0 Å². The van der Waals surface area contributed by atoms with Crippen LogP contribution in [0.3, 0.4) is 0 Å². The van der Waals surface area contributed by atoms with E-state index in [1.54, 1.807) is 31.2 Å². The van der Waals surface area contributed by atoms with Gasteiger partial charge in [0, 0.05) is 11.4 Å². The SMILES string of the molecule is CCS(=O)c1ccccc1C(=O)OC(C)C(=O)Nc1c(C)cc(C)cc1C. The summed E-state index contributed by atoms with van der Waals surface area (Å²) >= 11 is 0. The van der Waals surface area contributed by atoms with Crippen LogP contribution in [-0.4, -0.2) is 27.9 Å². The summed E-state index contributed by atoms with van der Waals surface area (Å²) in [7, 11) is -1.29. The Morgan fingerprint density at radius 3 is 2.30 bits per heavy atom. The lowest BCUT2D eigenvalue weighted by atomic mass is 10.0. The molecule has 2 atom stereocenters. The van der Waals surface area contributed by atoms with Crippen molar-refractivity contribution in [2.24, 2.45) is 0 Å². The van der Waals surface area contributed by atoms with Gasteiger partial charge in [-0.05, 0) is 51.0 Å². The maximum absolute atomic E-state index is 12.5. The number of nitrogens with one attached hydrogen (secondary N) is 1. The van der Waals surface area contributed by atoms with Crippen molar-refractivity contribution in [2.45, 2.75) is 45.6 Å². The molecule has 0 saturated carbocycles. The number of carbonyl (C=O) groups excluding carboxylic acids is 2. The highest BCUT2D eigenvalue weighted by molar-refractivity contribution is 7.85. The number of aryl methyl sites for hydroxylation is 3. The number of esters is 1.